The van der Waals surface area contributed by atoms with E-state index in [1.165, 1.54) is 12.1 Å². The lowest BCUT2D eigenvalue weighted by atomic mass is 10.3. The van der Waals surface area contributed by atoms with Crippen molar-refractivity contribution in [1.29, 1.82) is 0 Å². The first-order valence-electron chi connectivity index (χ1n) is 3.65. The molecule has 0 atom stereocenters. The normalized spacial score (nSPS) is 11.3. The van der Waals surface area contributed by atoms with Gasteiger partial charge >= 0.3 is 10.3 Å². The molecule has 1 aromatic rings. The number of hydrogen-bond acceptors (Lipinski definition) is 6. The zero-order valence-electron chi connectivity index (χ0n) is 7.36. The van der Waals surface area contributed by atoms with Crippen LogP contribution in [0.2, 0.25) is 0 Å². The summed E-state index contributed by atoms with van der Waals surface area (Å²) in [7, 11) is -4.02. The van der Waals surface area contributed by atoms with Gasteiger partial charge < -0.3 is 0 Å². The molecule has 15 heavy (non-hydrogen) atoms. The molecule has 0 aromatic carbocycles. The Morgan fingerprint density at radius 3 is 2.60 bits per heavy atom. The van der Waals surface area contributed by atoms with Crippen LogP contribution in [-0.4, -0.2) is 18.3 Å². The third-order valence-electron chi connectivity index (χ3n) is 1.39. The molecule has 0 radical (unpaired) electrons. The molecule has 0 aliphatic carbocycles. The highest BCUT2D eigenvalue weighted by atomic mass is 32.2. The Hall–Kier alpha value is -1.58. The molecule has 2 N–H and O–H groups in total. The van der Waals surface area contributed by atoms with Gasteiger partial charge in [0, 0.05) is 6.07 Å². The van der Waals surface area contributed by atoms with Crippen LogP contribution < -0.4 is 5.14 Å². The van der Waals surface area contributed by atoms with Crippen molar-refractivity contribution in [2.75, 3.05) is 0 Å². The Kier molecular flexibility index (Phi) is 3.29. The van der Waals surface area contributed by atoms with Gasteiger partial charge in [-0.2, -0.15) is 8.42 Å². The van der Waals surface area contributed by atoms with Gasteiger partial charge in [-0.3, -0.25) is 19.3 Å². The molecule has 0 unspecified atom stereocenters. The summed E-state index contributed by atoms with van der Waals surface area (Å²) in [5, 5.41) is 14.8. The molecule has 0 bridgehead atoms. The van der Waals surface area contributed by atoms with Crippen molar-refractivity contribution in [2.45, 2.75) is 6.61 Å². The number of pyridine rings is 1. The molecule has 0 fully saturated rings. The molecule has 0 amide bonds. The molecular weight excluding hydrogens is 226 g/mol. The number of nitro groups is 1. The predicted molar refractivity (Wildman–Crippen MR) is 48.8 cm³/mol. The van der Waals surface area contributed by atoms with Gasteiger partial charge in [0.25, 0.3) is 5.69 Å². The number of rotatable bonds is 4. The van der Waals surface area contributed by atoms with E-state index in [4.69, 9.17) is 0 Å². The summed E-state index contributed by atoms with van der Waals surface area (Å²) in [5.74, 6) is 0. The predicted octanol–water partition coefficient (Wildman–Crippen LogP) is -0.290. The quantitative estimate of drug-likeness (QED) is 0.562. The third-order valence-corrected chi connectivity index (χ3v) is 1.84. The number of nitrogens with zero attached hydrogens (tertiary/aromatic N) is 2. The fourth-order valence-electron chi connectivity index (χ4n) is 0.753. The van der Waals surface area contributed by atoms with Gasteiger partial charge in [-0.25, -0.2) is 5.14 Å². The summed E-state index contributed by atoms with van der Waals surface area (Å²) >= 11 is 0. The lowest BCUT2D eigenvalue weighted by Gasteiger charge is -1.99. The smallest absolute Gasteiger partial charge is 0.258 e. The van der Waals surface area contributed by atoms with Gasteiger partial charge in [0.2, 0.25) is 0 Å². The Morgan fingerprint density at radius 2 is 2.20 bits per heavy atom. The Bertz CT molecular complexity index is 454. The van der Waals surface area contributed by atoms with E-state index in [0.717, 1.165) is 6.20 Å². The second-order valence-corrected chi connectivity index (χ2v) is 3.74. The van der Waals surface area contributed by atoms with E-state index in [9.17, 15) is 18.5 Å². The van der Waals surface area contributed by atoms with Crippen LogP contribution in [0.25, 0.3) is 0 Å². The maximum atomic E-state index is 10.4. The van der Waals surface area contributed by atoms with Crippen molar-refractivity contribution in [3.05, 3.63) is 34.1 Å². The van der Waals surface area contributed by atoms with Crippen molar-refractivity contribution < 1.29 is 17.5 Å². The highest BCUT2D eigenvalue weighted by Crippen LogP contribution is 2.09. The molecule has 1 rings (SSSR count). The first-order valence-corrected chi connectivity index (χ1v) is 5.12. The zero-order valence-corrected chi connectivity index (χ0v) is 8.18. The summed E-state index contributed by atoms with van der Waals surface area (Å²) in [4.78, 5) is 13.3. The lowest BCUT2D eigenvalue weighted by Crippen LogP contribution is -2.15. The summed E-state index contributed by atoms with van der Waals surface area (Å²) in [6.07, 6.45) is 1.00. The second-order valence-electron chi connectivity index (χ2n) is 2.52. The van der Waals surface area contributed by atoms with Crippen molar-refractivity contribution in [3.8, 4) is 0 Å². The van der Waals surface area contributed by atoms with Crippen LogP contribution in [0.4, 0.5) is 5.69 Å². The highest BCUT2D eigenvalue weighted by Gasteiger charge is 2.07. The summed E-state index contributed by atoms with van der Waals surface area (Å²) in [6.45, 7) is -0.350. The van der Waals surface area contributed by atoms with Gasteiger partial charge in [-0.1, -0.05) is 0 Å². The Labute approximate surface area is 85.1 Å². The van der Waals surface area contributed by atoms with Crippen LogP contribution >= 0.6 is 0 Å². The Balaban J connectivity index is 2.69. The molecular formula is C6H7N3O5S. The SMILES string of the molecule is NS(=O)(=O)OCc1ccc([N+](=O)[O-])cn1. The maximum absolute atomic E-state index is 10.4. The van der Waals surface area contributed by atoms with Crippen molar-refractivity contribution in [1.82, 2.24) is 4.98 Å². The highest BCUT2D eigenvalue weighted by molar-refractivity contribution is 7.84. The lowest BCUT2D eigenvalue weighted by molar-refractivity contribution is -0.385. The molecule has 0 aliphatic rings. The first-order chi connectivity index (χ1) is 6.88. The molecule has 0 aliphatic heterocycles. The van der Waals surface area contributed by atoms with Crippen LogP contribution in [0.15, 0.2) is 18.3 Å². The monoisotopic (exact) mass is 233 g/mol. The summed E-state index contributed by atoms with van der Waals surface area (Å²) in [5.41, 5.74) is 0.0454. The van der Waals surface area contributed by atoms with E-state index in [1.807, 2.05) is 0 Å². The zero-order chi connectivity index (χ0) is 11.5. The fourth-order valence-corrected chi connectivity index (χ4v) is 1.04. The van der Waals surface area contributed by atoms with Crippen LogP contribution in [0.1, 0.15) is 5.69 Å². The number of nitrogens with two attached hydrogens (primary N) is 1. The molecule has 0 saturated carbocycles. The van der Waals surface area contributed by atoms with E-state index in [1.54, 1.807) is 0 Å². The number of aromatic nitrogens is 1. The van der Waals surface area contributed by atoms with Gasteiger partial charge in [-0.05, 0) is 6.07 Å². The fraction of sp³-hybridized carbons (Fsp3) is 0.167. The van der Waals surface area contributed by atoms with E-state index >= 15 is 0 Å². The van der Waals surface area contributed by atoms with Crippen LogP contribution in [-0.2, 0) is 21.1 Å². The largest absolute Gasteiger partial charge is 0.333 e. The molecule has 1 heterocycles. The van der Waals surface area contributed by atoms with Crippen molar-refractivity contribution >= 4 is 16.0 Å². The standard InChI is InChI=1S/C6H7N3O5S/c7-15(12,13)14-4-5-1-2-6(3-8-5)9(10)11/h1-3H,4H2,(H2,7,12,13). The number of hydrogen-bond donors (Lipinski definition) is 1. The van der Waals surface area contributed by atoms with Crippen molar-refractivity contribution in [3.63, 3.8) is 0 Å². The third kappa shape index (κ3) is 3.97. The van der Waals surface area contributed by atoms with E-state index < -0.39 is 15.2 Å². The van der Waals surface area contributed by atoms with Crippen LogP contribution in [0.3, 0.4) is 0 Å². The molecule has 0 spiro atoms. The minimum atomic E-state index is -4.02. The van der Waals surface area contributed by atoms with Gasteiger partial charge in [-0.15, -0.1) is 0 Å². The average molecular weight is 233 g/mol. The van der Waals surface area contributed by atoms with Crippen LogP contribution in [0, 0.1) is 10.1 Å². The average Bonchev–Trinajstić information content (AvgIpc) is 2.14. The second kappa shape index (κ2) is 4.29. The molecule has 1 aromatic heterocycles. The first kappa shape index (κ1) is 11.5. The van der Waals surface area contributed by atoms with E-state index in [0.29, 0.717) is 0 Å². The minimum Gasteiger partial charge on any atom is -0.258 e. The van der Waals surface area contributed by atoms with Gasteiger partial charge in [0.05, 0.1) is 10.6 Å². The maximum Gasteiger partial charge on any atom is 0.333 e. The summed E-state index contributed by atoms with van der Waals surface area (Å²) < 4.78 is 25.0. The molecule has 0 saturated heterocycles. The molecule has 82 valence electrons. The Morgan fingerprint density at radius 1 is 1.53 bits per heavy atom. The topological polar surface area (TPSA) is 125 Å². The van der Waals surface area contributed by atoms with Crippen molar-refractivity contribution in [2.24, 2.45) is 5.14 Å². The van der Waals surface area contributed by atoms with Gasteiger partial charge in [0.1, 0.15) is 12.8 Å². The molecule has 8 nitrogen and oxygen atoms in total. The van der Waals surface area contributed by atoms with Gasteiger partial charge in [0.15, 0.2) is 0 Å². The molecule has 9 heteroatoms. The van der Waals surface area contributed by atoms with E-state index in [-0.39, 0.29) is 18.0 Å². The summed E-state index contributed by atoms with van der Waals surface area (Å²) in [6, 6.07) is 2.47. The minimum absolute atomic E-state index is 0.186. The van der Waals surface area contributed by atoms with E-state index in [2.05, 4.69) is 14.3 Å². The van der Waals surface area contributed by atoms with Crippen LogP contribution in [0.5, 0.6) is 0 Å².